The van der Waals surface area contributed by atoms with E-state index in [4.69, 9.17) is 0 Å². The minimum Gasteiger partial charge on any atom is -0.318 e. The van der Waals surface area contributed by atoms with E-state index in [-0.39, 0.29) is 17.1 Å². The monoisotopic (exact) mass is 233 g/mol. The van der Waals surface area contributed by atoms with E-state index >= 15 is 0 Å². The summed E-state index contributed by atoms with van der Waals surface area (Å²) in [7, 11) is 0. The van der Waals surface area contributed by atoms with Crippen molar-refractivity contribution in [3.63, 3.8) is 0 Å². The maximum atomic E-state index is 10.8. The van der Waals surface area contributed by atoms with E-state index in [9.17, 15) is 20.2 Å². The Labute approximate surface area is 95.2 Å². The third kappa shape index (κ3) is 1.98. The Hall–Kier alpha value is -2.70. The summed E-state index contributed by atoms with van der Waals surface area (Å²) >= 11 is 0. The van der Waals surface area contributed by atoms with Gasteiger partial charge in [-0.05, 0) is 12.1 Å². The fourth-order valence-corrected chi connectivity index (χ4v) is 1.48. The SMILES string of the molecule is O=[N+]([O-])c1ccc([N+](=O)[O-])c(-n2cccc2)c1. The highest BCUT2D eigenvalue weighted by molar-refractivity contribution is 5.58. The summed E-state index contributed by atoms with van der Waals surface area (Å²) in [5, 5.41) is 21.5. The van der Waals surface area contributed by atoms with E-state index in [2.05, 4.69) is 0 Å². The van der Waals surface area contributed by atoms with Crippen molar-refractivity contribution in [3.05, 3.63) is 63.0 Å². The van der Waals surface area contributed by atoms with Crippen LogP contribution in [0.4, 0.5) is 11.4 Å². The Bertz CT molecular complexity index is 577. The van der Waals surface area contributed by atoms with Crippen molar-refractivity contribution in [1.82, 2.24) is 4.57 Å². The van der Waals surface area contributed by atoms with Crippen LogP contribution in [0, 0.1) is 20.2 Å². The molecule has 0 amide bonds. The lowest BCUT2D eigenvalue weighted by atomic mass is 10.2. The number of nitrogens with zero attached hydrogens (tertiary/aromatic N) is 3. The van der Waals surface area contributed by atoms with Crippen LogP contribution in [0.5, 0.6) is 0 Å². The van der Waals surface area contributed by atoms with Gasteiger partial charge in [0.15, 0.2) is 0 Å². The third-order valence-corrected chi connectivity index (χ3v) is 2.25. The Kier molecular flexibility index (Phi) is 2.57. The molecule has 0 spiro atoms. The van der Waals surface area contributed by atoms with Crippen molar-refractivity contribution in [1.29, 1.82) is 0 Å². The molecule has 0 aliphatic rings. The van der Waals surface area contributed by atoms with E-state index in [0.717, 1.165) is 12.1 Å². The molecule has 2 rings (SSSR count). The predicted molar refractivity (Wildman–Crippen MR) is 59.1 cm³/mol. The molecule has 0 fully saturated rings. The van der Waals surface area contributed by atoms with Crippen LogP contribution in [-0.2, 0) is 0 Å². The van der Waals surface area contributed by atoms with Crippen LogP contribution in [0.15, 0.2) is 42.7 Å². The van der Waals surface area contributed by atoms with E-state index in [0.29, 0.717) is 0 Å². The van der Waals surface area contributed by atoms with E-state index < -0.39 is 9.85 Å². The molecular weight excluding hydrogens is 226 g/mol. The van der Waals surface area contributed by atoms with E-state index in [1.54, 1.807) is 24.5 Å². The van der Waals surface area contributed by atoms with E-state index in [1.165, 1.54) is 10.6 Å². The molecule has 0 atom stereocenters. The second kappa shape index (κ2) is 4.05. The predicted octanol–water partition coefficient (Wildman–Crippen LogP) is 2.29. The standard InChI is InChI=1S/C10H7N3O4/c14-12(15)8-3-4-9(13(16)17)10(7-8)11-5-1-2-6-11/h1-7H. The minimum absolute atomic E-state index is 0.174. The van der Waals surface area contributed by atoms with Gasteiger partial charge in [-0.2, -0.15) is 0 Å². The van der Waals surface area contributed by atoms with Crippen molar-refractivity contribution in [2.24, 2.45) is 0 Å². The van der Waals surface area contributed by atoms with Crippen LogP contribution in [-0.4, -0.2) is 14.4 Å². The molecule has 0 saturated heterocycles. The smallest absolute Gasteiger partial charge is 0.293 e. The topological polar surface area (TPSA) is 91.2 Å². The molecule has 1 aromatic carbocycles. The molecule has 7 nitrogen and oxygen atoms in total. The lowest BCUT2D eigenvalue weighted by Crippen LogP contribution is -1.99. The zero-order chi connectivity index (χ0) is 12.4. The van der Waals surface area contributed by atoms with Gasteiger partial charge in [0.2, 0.25) is 0 Å². The Balaban J connectivity index is 2.64. The normalized spacial score (nSPS) is 10.1. The van der Waals surface area contributed by atoms with Crippen molar-refractivity contribution in [2.45, 2.75) is 0 Å². The number of nitro groups is 2. The molecule has 0 aliphatic heterocycles. The first kappa shape index (κ1) is 10.8. The summed E-state index contributed by atoms with van der Waals surface area (Å²) in [6.07, 6.45) is 3.18. The lowest BCUT2D eigenvalue weighted by Gasteiger charge is -2.03. The molecule has 0 radical (unpaired) electrons. The number of rotatable bonds is 3. The van der Waals surface area contributed by atoms with Gasteiger partial charge in [0.1, 0.15) is 5.69 Å². The molecule has 7 heteroatoms. The molecule has 0 bridgehead atoms. The van der Waals surface area contributed by atoms with Crippen molar-refractivity contribution in [2.75, 3.05) is 0 Å². The fourth-order valence-electron chi connectivity index (χ4n) is 1.48. The van der Waals surface area contributed by atoms with Gasteiger partial charge in [-0.1, -0.05) is 0 Å². The molecule has 1 aromatic heterocycles. The molecule has 0 saturated carbocycles. The number of hydrogen-bond acceptors (Lipinski definition) is 4. The zero-order valence-electron chi connectivity index (χ0n) is 8.52. The van der Waals surface area contributed by atoms with Gasteiger partial charge in [-0.15, -0.1) is 0 Å². The lowest BCUT2D eigenvalue weighted by molar-refractivity contribution is -0.389. The van der Waals surface area contributed by atoms with Gasteiger partial charge in [-0.3, -0.25) is 20.2 Å². The van der Waals surface area contributed by atoms with Crippen LogP contribution in [0.3, 0.4) is 0 Å². The fraction of sp³-hybridized carbons (Fsp3) is 0. The van der Waals surface area contributed by atoms with Gasteiger partial charge >= 0.3 is 0 Å². The molecule has 0 unspecified atom stereocenters. The Morgan fingerprint density at radius 3 is 2.18 bits per heavy atom. The maximum absolute atomic E-state index is 10.8. The van der Waals surface area contributed by atoms with Gasteiger partial charge in [0, 0.05) is 30.6 Å². The van der Waals surface area contributed by atoms with Crippen molar-refractivity contribution in [3.8, 4) is 5.69 Å². The van der Waals surface area contributed by atoms with Crippen molar-refractivity contribution >= 4 is 11.4 Å². The summed E-state index contributed by atoms with van der Waals surface area (Å²) < 4.78 is 1.46. The quantitative estimate of drug-likeness (QED) is 0.600. The molecular formula is C10H7N3O4. The number of hydrogen-bond donors (Lipinski definition) is 0. The number of benzene rings is 1. The van der Waals surface area contributed by atoms with Gasteiger partial charge in [0.25, 0.3) is 11.4 Å². The van der Waals surface area contributed by atoms with Gasteiger partial charge in [0.05, 0.1) is 9.85 Å². The van der Waals surface area contributed by atoms with Crippen LogP contribution >= 0.6 is 0 Å². The van der Waals surface area contributed by atoms with Gasteiger partial charge in [-0.25, -0.2) is 0 Å². The first-order chi connectivity index (χ1) is 8.09. The zero-order valence-corrected chi connectivity index (χ0v) is 8.52. The highest BCUT2D eigenvalue weighted by Crippen LogP contribution is 2.27. The minimum atomic E-state index is -0.587. The maximum Gasteiger partial charge on any atom is 0.293 e. The summed E-state index contributed by atoms with van der Waals surface area (Å²) in [6.45, 7) is 0. The molecule has 17 heavy (non-hydrogen) atoms. The summed E-state index contributed by atoms with van der Waals surface area (Å²) in [5.74, 6) is 0. The van der Waals surface area contributed by atoms with Crippen LogP contribution in [0.25, 0.3) is 5.69 Å². The first-order valence-corrected chi connectivity index (χ1v) is 4.66. The first-order valence-electron chi connectivity index (χ1n) is 4.66. The average molecular weight is 233 g/mol. The second-order valence-electron chi connectivity index (χ2n) is 3.28. The van der Waals surface area contributed by atoms with Gasteiger partial charge < -0.3 is 4.57 Å². The summed E-state index contributed by atoms with van der Waals surface area (Å²) in [5.41, 5.74) is -0.180. The molecule has 0 N–H and O–H groups in total. The summed E-state index contributed by atoms with van der Waals surface area (Å²) in [6, 6.07) is 6.79. The Morgan fingerprint density at radius 2 is 1.65 bits per heavy atom. The Morgan fingerprint density at radius 1 is 1.00 bits per heavy atom. The number of nitro benzene ring substituents is 2. The molecule has 2 aromatic rings. The van der Waals surface area contributed by atoms with Crippen molar-refractivity contribution < 1.29 is 9.85 Å². The summed E-state index contributed by atoms with van der Waals surface area (Å²) in [4.78, 5) is 20.3. The van der Waals surface area contributed by atoms with Crippen LogP contribution < -0.4 is 0 Å². The second-order valence-corrected chi connectivity index (χ2v) is 3.28. The largest absolute Gasteiger partial charge is 0.318 e. The third-order valence-electron chi connectivity index (χ3n) is 2.25. The molecule has 1 heterocycles. The highest BCUT2D eigenvalue weighted by atomic mass is 16.6. The van der Waals surface area contributed by atoms with Crippen LogP contribution in [0.2, 0.25) is 0 Å². The number of aromatic nitrogens is 1. The molecule has 0 aliphatic carbocycles. The highest BCUT2D eigenvalue weighted by Gasteiger charge is 2.19. The van der Waals surface area contributed by atoms with E-state index in [1.807, 2.05) is 0 Å². The molecule has 86 valence electrons. The van der Waals surface area contributed by atoms with Crippen LogP contribution in [0.1, 0.15) is 0 Å². The number of non-ortho nitro benzene ring substituents is 1. The average Bonchev–Trinajstić information content (AvgIpc) is 2.81.